The topological polar surface area (TPSA) is 36.9 Å². The highest BCUT2D eigenvalue weighted by molar-refractivity contribution is 14.0. The summed E-state index contributed by atoms with van der Waals surface area (Å²) in [6.07, 6.45) is 2.58. The highest BCUT2D eigenvalue weighted by Crippen LogP contribution is 2.16. The van der Waals surface area contributed by atoms with Gasteiger partial charge in [0.05, 0.1) is 6.10 Å². The van der Waals surface area contributed by atoms with Gasteiger partial charge in [-0.05, 0) is 24.5 Å². The van der Waals surface area contributed by atoms with Gasteiger partial charge < -0.3 is 15.0 Å². The molecule has 0 bridgehead atoms. The maximum atomic E-state index is 6.19. The van der Waals surface area contributed by atoms with Crippen LogP contribution in [0.5, 0.6) is 0 Å². The molecule has 4 nitrogen and oxygen atoms in total. The van der Waals surface area contributed by atoms with Crippen molar-refractivity contribution in [2.75, 3.05) is 27.2 Å². The molecule has 21 heavy (non-hydrogen) atoms. The van der Waals surface area contributed by atoms with Gasteiger partial charge in [-0.2, -0.15) is 0 Å². The molecule has 1 fully saturated rings. The van der Waals surface area contributed by atoms with Gasteiger partial charge in [0.25, 0.3) is 0 Å². The predicted molar refractivity (Wildman–Crippen MR) is 98.7 cm³/mol. The minimum Gasteiger partial charge on any atom is -0.376 e. The van der Waals surface area contributed by atoms with E-state index in [1.54, 1.807) is 7.05 Å². The molecule has 1 aromatic rings. The van der Waals surface area contributed by atoms with Gasteiger partial charge in [-0.1, -0.05) is 29.8 Å². The summed E-state index contributed by atoms with van der Waals surface area (Å²) >= 11 is 6.19. The molecule has 1 aliphatic rings. The predicted octanol–water partition coefficient (Wildman–Crippen LogP) is 3.14. The van der Waals surface area contributed by atoms with Crippen LogP contribution in [0, 0.1) is 0 Å². The molecule has 0 saturated carbocycles. The smallest absolute Gasteiger partial charge is 0.193 e. The first kappa shape index (κ1) is 18.5. The fraction of sp³-hybridized carbons (Fsp3) is 0.533. The quantitative estimate of drug-likeness (QED) is 0.459. The summed E-state index contributed by atoms with van der Waals surface area (Å²) in [4.78, 5) is 6.37. The van der Waals surface area contributed by atoms with Crippen molar-refractivity contribution < 1.29 is 4.74 Å². The van der Waals surface area contributed by atoms with Crippen molar-refractivity contribution in [3.8, 4) is 0 Å². The van der Waals surface area contributed by atoms with Crippen molar-refractivity contribution in [1.29, 1.82) is 0 Å². The number of rotatable bonds is 4. The van der Waals surface area contributed by atoms with E-state index in [-0.39, 0.29) is 24.0 Å². The van der Waals surface area contributed by atoms with E-state index in [2.05, 4.69) is 15.2 Å². The molecule has 1 atom stereocenters. The van der Waals surface area contributed by atoms with Gasteiger partial charge in [-0.25, -0.2) is 0 Å². The van der Waals surface area contributed by atoms with E-state index < -0.39 is 0 Å². The molecule has 0 aromatic heterocycles. The van der Waals surface area contributed by atoms with Crippen molar-refractivity contribution in [2.24, 2.45) is 4.99 Å². The van der Waals surface area contributed by atoms with Gasteiger partial charge in [0.15, 0.2) is 5.96 Å². The Morgan fingerprint density at radius 2 is 2.24 bits per heavy atom. The number of nitrogens with zero attached hydrogens (tertiary/aromatic N) is 2. The van der Waals surface area contributed by atoms with Gasteiger partial charge in [0, 0.05) is 38.8 Å². The molecule has 1 heterocycles. The lowest BCUT2D eigenvalue weighted by Crippen LogP contribution is -2.41. The van der Waals surface area contributed by atoms with Crippen LogP contribution in [0.25, 0.3) is 0 Å². The first-order chi connectivity index (χ1) is 9.70. The maximum absolute atomic E-state index is 6.19. The lowest BCUT2D eigenvalue weighted by atomic mass is 10.2. The molecular weight excluding hydrogens is 401 g/mol. The van der Waals surface area contributed by atoms with E-state index in [1.807, 2.05) is 31.3 Å². The van der Waals surface area contributed by atoms with E-state index in [0.717, 1.165) is 49.1 Å². The second-order valence-corrected chi connectivity index (χ2v) is 5.42. The highest BCUT2D eigenvalue weighted by Gasteiger charge is 2.16. The van der Waals surface area contributed by atoms with Crippen molar-refractivity contribution in [3.63, 3.8) is 0 Å². The van der Waals surface area contributed by atoms with Crippen LogP contribution in [0.1, 0.15) is 18.4 Å². The molecule has 1 aliphatic heterocycles. The minimum atomic E-state index is 0. The molecule has 118 valence electrons. The Labute approximate surface area is 148 Å². The zero-order chi connectivity index (χ0) is 14.4. The molecular formula is C15H23ClIN3O. The normalized spacial score (nSPS) is 18.2. The first-order valence-corrected chi connectivity index (χ1v) is 7.35. The van der Waals surface area contributed by atoms with Crippen LogP contribution in [0.2, 0.25) is 5.02 Å². The number of hydrogen-bond donors (Lipinski definition) is 1. The Bertz CT molecular complexity index is 464. The number of ether oxygens (including phenoxy) is 1. The summed E-state index contributed by atoms with van der Waals surface area (Å²) in [6.45, 7) is 2.41. The Balaban J connectivity index is 0.00000220. The monoisotopic (exact) mass is 423 g/mol. The van der Waals surface area contributed by atoms with Gasteiger partial charge in [-0.3, -0.25) is 4.99 Å². The largest absolute Gasteiger partial charge is 0.376 e. The number of aliphatic imine (C=N–C) groups is 1. The van der Waals surface area contributed by atoms with E-state index in [4.69, 9.17) is 16.3 Å². The third-order valence-corrected chi connectivity index (χ3v) is 3.82. The summed E-state index contributed by atoms with van der Waals surface area (Å²) in [5.74, 6) is 0.861. The molecule has 0 amide bonds. The van der Waals surface area contributed by atoms with Gasteiger partial charge >= 0.3 is 0 Å². The van der Waals surface area contributed by atoms with Gasteiger partial charge in [-0.15, -0.1) is 24.0 Å². The number of benzene rings is 1. The van der Waals surface area contributed by atoms with Crippen molar-refractivity contribution >= 4 is 41.5 Å². The zero-order valence-electron chi connectivity index (χ0n) is 12.5. The molecule has 0 radical (unpaired) electrons. The third-order valence-electron chi connectivity index (χ3n) is 3.45. The van der Waals surface area contributed by atoms with E-state index in [1.165, 1.54) is 0 Å². The van der Waals surface area contributed by atoms with Gasteiger partial charge in [0.2, 0.25) is 0 Å². The summed E-state index contributed by atoms with van der Waals surface area (Å²) in [7, 11) is 3.80. The van der Waals surface area contributed by atoms with Gasteiger partial charge in [0.1, 0.15) is 0 Å². The number of nitrogens with one attached hydrogen (secondary N) is 1. The van der Waals surface area contributed by atoms with Crippen LogP contribution in [0.15, 0.2) is 29.3 Å². The van der Waals surface area contributed by atoms with E-state index in [9.17, 15) is 0 Å². The molecule has 6 heteroatoms. The Morgan fingerprint density at radius 1 is 1.48 bits per heavy atom. The highest BCUT2D eigenvalue weighted by atomic mass is 127. The number of guanidine groups is 1. The van der Waals surface area contributed by atoms with Crippen molar-refractivity contribution in [3.05, 3.63) is 34.9 Å². The summed E-state index contributed by atoms with van der Waals surface area (Å²) in [5, 5.41) is 4.14. The number of hydrogen-bond acceptors (Lipinski definition) is 2. The Morgan fingerprint density at radius 3 is 2.86 bits per heavy atom. The molecule has 2 rings (SSSR count). The molecule has 1 unspecified atom stereocenters. The minimum absolute atomic E-state index is 0. The first-order valence-electron chi connectivity index (χ1n) is 6.97. The van der Waals surface area contributed by atoms with Crippen molar-refractivity contribution in [2.45, 2.75) is 25.5 Å². The molecule has 0 spiro atoms. The van der Waals surface area contributed by atoms with Crippen LogP contribution < -0.4 is 5.32 Å². The van der Waals surface area contributed by atoms with Crippen LogP contribution >= 0.6 is 35.6 Å². The standard InChI is InChI=1S/C15H22ClN3O.HI/c1-17-15(18-10-13-7-5-9-20-13)19(2)11-12-6-3-4-8-14(12)16;/h3-4,6,8,13H,5,7,9-11H2,1-2H3,(H,17,18);1H. The molecule has 1 saturated heterocycles. The fourth-order valence-electron chi connectivity index (χ4n) is 2.35. The summed E-state index contributed by atoms with van der Waals surface area (Å²) in [5.41, 5.74) is 1.09. The van der Waals surface area contributed by atoms with Crippen LogP contribution in [-0.2, 0) is 11.3 Å². The zero-order valence-corrected chi connectivity index (χ0v) is 15.6. The van der Waals surface area contributed by atoms with E-state index >= 15 is 0 Å². The SMILES string of the molecule is CN=C(NCC1CCCO1)N(C)Cc1ccccc1Cl.I. The lowest BCUT2D eigenvalue weighted by molar-refractivity contribution is 0.113. The van der Waals surface area contributed by atoms with Crippen LogP contribution in [0.3, 0.4) is 0 Å². The third kappa shape index (κ3) is 5.64. The fourth-order valence-corrected chi connectivity index (χ4v) is 2.55. The van der Waals surface area contributed by atoms with Crippen molar-refractivity contribution in [1.82, 2.24) is 10.2 Å². The van der Waals surface area contributed by atoms with Crippen LogP contribution in [-0.4, -0.2) is 44.2 Å². The maximum Gasteiger partial charge on any atom is 0.193 e. The van der Waals surface area contributed by atoms with E-state index in [0.29, 0.717) is 6.10 Å². The molecule has 1 N–H and O–H groups in total. The Hall–Kier alpha value is -0.530. The lowest BCUT2D eigenvalue weighted by Gasteiger charge is -2.23. The Kier molecular flexibility index (Phi) is 8.36. The number of halogens is 2. The molecule has 1 aromatic carbocycles. The second kappa shape index (κ2) is 9.48. The second-order valence-electron chi connectivity index (χ2n) is 5.01. The molecule has 0 aliphatic carbocycles. The van der Waals surface area contributed by atoms with Crippen LogP contribution in [0.4, 0.5) is 0 Å². The average molecular weight is 424 g/mol. The summed E-state index contributed by atoms with van der Waals surface area (Å²) in [6, 6.07) is 7.88. The summed E-state index contributed by atoms with van der Waals surface area (Å²) < 4.78 is 5.61. The average Bonchev–Trinajstić information content (AvgIpc) is 2.95.